The largest absolute Gasteiger partial charge is 0.508 e. The quantitative estimate of drug-likeness (QED) is 0.791. The molecule has 0 aliphatic heterocycles. The minimum Gasteiger partial charge on any atom is -0.508 e. The van der Waals surface area contributed by atoms with Gasteiger partial charge in [0, 0.05) is 4.47 Å². The summed E-state index contributed by atoms with van der Waals surface area (Å²) in [6.07, 6.45) is 0.875. The van der Waals surface area contributed by atoms with Crippen LogP contribution in [0.3, 0.4) is 0 Å². The Balaban J connectivity index is 0.000000671. The third-order valence-electron chi connectivity index (χ3n) is 1.74. The first-order valence-electron chi connectivity index (χ1n) is 4.63. The number of hydrogen-bond acceptors (Lipinski definition) is 1. The number of halogens is 1. The van der Waals surface area contributed by atoms with Crippen LogP contribution in [0.2, 0.25) is 0 Å². The predicted octanol–water partition coefficient (Wildman–Crippen LogP) is 4.05. The third-order valence-corrected chi connectivity index (χ3v) is 2.60. The molecule has 13 heavy (non-hydrogen) atoms. The van der Waals surface area contributed by atoms with Crippen molar-refractivity contribution < 1.29 is 5.11 Å². The van der Waals surface area contributed by atoms with Crippen molar-refractivity contribution in [2.75, 3.05) is 0 Å². The van der Waals surface area contributed by atoms with Gasteiger partial charge in [-0.05, 0) is 30.5 Å². The molecule has 0 fully saturated rings. The molecule has 0 atom stereocenters. The fourth-order valence-electron chi connectivity index (χ4n) is 1.01. The lowest BCUT2D eigenvalue weighted by Gasteiger charge is -2.04. The normalized spacial score (nSPS) is 9.00. The molecule has 1 rings (SSSR count). The van der Waals surface area contributed by atoms with E-state index in [2.05, 4.69) is 15.9 Å². The first-order valence-corrected chi connectivity index (χ1v) is 5.42. The van der Waals surface area contributed by atoms with Crippen molar-refractivity contribution in [3.05, 3.63) is 27.7 Å². The topological polar surface area (TPSA) is 20.2 Å². The molecular weight excluding hydrogens is 228 g/mol. The van der Waals surface area contributed by atoms with E-state index in [0.717, 1.165) is 16.5 Å². The zero-order valence-corrected chi connectivity index (χ0v) is 10.3. The number of aromatic hydroxyl groups is 1. The Morgan fingerprint density at radius 1 is 1.31 bits per heavy atom. The number of benzene rings is 1. The zero-order chi connectivity index (χ0) is 10.4. The van der Waals surface area contributed by atoms with Crippen LogP contribution in [-0.4, -0.2) is 5.11 Å². The van der Waals surface area contributed by atoms with Crippen molar-refractivity contribution >= 4 is 15.9 Å². The molecule has 0 aromatic heterocycles. The molecule has 0 saturated heterocycles. The molecule has 2 heteroatoms. The first kappa shape index (κ1) is 12.5. The summed E-state index contributed by atoms with van der Waals surface area (Å²) in [5.74, 6) is 0.380. The van der Waals surface area contributed by atoms with E-state index in [-0.39, 0.29) is 0 Å². The van der Waals surface area contributed by atoms with Crippen LogP contribution < -0.4 is 0 Å². The zero-order valence-electron chi connectivity index (χ0n) is 8.69. The smallest absolute Gasteiger partial charge is 0.119 e. The summed E-state index contributed by atoms with van der Waals surface area (Å²) in [5, 5.41) is 9.39. The van der Waals surface area contributed by atoms with Gasteiger partial charge in [0.05, 0.1) is 0 Å². The van der Waals surface area contributed by atoms with Gasteiger partial charge < -0.3 is 5.11 Å². The number of rotatable bonds is 1. The fraction of sp³-hybridized carbons (Fsp3) is 0.455. The van der Waals surface area contributed by atoms with E-state index in [9.17, 15) is 5.11 Å². The molecule has 0 aliphatic carbocycles. The van der Waals surface area contributed by atoms with Crippen LogP contribution in [-0.2, 0) is 6.42 Å². The van der Waals surface area contributed by atoms with Crippen molar-refractivity contribution in [1.82, 2.24) is 0 Å². The second-order valence-electron chi connectivity index (χ2n) is 2.58. The maximum Gasteiger partial charge on any atom is 0.119 e. The second kappa shape index (κ2) is 6.03. The van der Waals surface area contributed by atoms with E-state index >= 15 is 0 Å². The average Bonchev–Trinajstić information content (AvgIpc) is 2.15. The molecule has 0 aliphatic rings. The Morgan fingerprint density at radius 2 is 1.85 bits per heavy atom. The van der Waals surface area contributed by atoms with E-state index in [1.54, 1.807) is 6.07 Å². The Hall–Kier alpha value is -0.500. The summed E-state index contributed by atoms with van der Waals surface area (Å²) in [5.41, 5.74) is 2.17. The fourth-order valence-corrected chi connectivity index (χ4v) is 1.35. The molecule has 0 unspecified atom stereocenters. The Morgan fingerprint density at radius 3 is 2.31 bits per heavy atom. The van der Waals surface area contributed by atoms with Crippen molar-refractivity contribution in [1.29, 1.82) is 0 Å². The highest BCUT2D eigenvalue weighted by Gasteiger charge is 2.01. The van der Waals surface area contributed by atoms with Crippen molar-refractivity contribution in [2.24, 2.45) is 0 Å². The van der Waals surface area contributed by atoms with Gasteiger partial charge in [-0.3, -0.25) is 0 Å². The van der Waals surface area contributed by atoms with E-state index < -0.39 is 0 Å². The molecule has 0 amide bonds. The predicted molar refractivity (Wildman–Crippen MR) is 61.3 cm³/mol. The highest BCUT2D eigenvalue weighted by molar-refractivity contribution is 9.10. The number of phenols is 1. The molecule has 0 spiro atoms. The number of phenolic OH excluding ortho intramolecular Hbond substituents is 1. The van der Waals surface area contributed by atoms with Gasteiger partial charge in [0.2, 0.25) is 0 Å². The molecular formula is C11H17BrO. The molecule has 74 valence electrons. The molecule has 0 radical (unpaired) electrons. The minimum atomic E-state index is 0.380. The van der Waals surface area contributed by atoms with Crippen molar-refractivity contribution in [2.45, 2.75) is 34.1 Å². The second-order valence-corrected chi connectivity index (χ2v) is 3.44. The van der Waals surface area contributed by atoms with E-state index in [1.165, 1.54) is 5.56 Å². The van der Waals surface area contributed by atoms with Gasteiger partial charge in [0.1, 0.15) is 5.75 Å². The van der Waals surface area contributed by atoms with Gasteiger partial charge in [-0.2, -0.15) is 0 Å². The maximum atomic E-state index is 9.39. The van der Waals surface area contributed by atoms with Gasteiger partial charge in [-0.1, -0.05) is 42.8 Å². The summed E-state index contributed by atoms with van der Waals surface area (Å²) in [6, 6.07) is 3.74. The molecule has 0 bridgehead atoms. The Labute approximate surface area is 88.9 Å². The highest BCUT2D eigenvalue weighted by Crippen LogP contribution is 2.26. The van der Waals surface area contributed by atoms with Crippen LogP contribution in [0.15, 0.2) is 16.6 Å². The molecule has 1 aromatic rings. The van der Waals surface area contributed by atoms with E-state index in [1.807, 2.05) is 33.8 Å². The van der Waals surface area contributed by atoms with Crippen LogP contribution in [0.4, 0.5) is 0 Å². The summed E-state index contributed by atoms with van der Waals surface area (Å²) in [4.78, 5) is 0. The summed E-state index contributed by atoms with van der Waals surface area (Å²) >= 11 is 3.35. The van der Waals surface area contributed by atoms with E-state index in [4.69, 9.17) is 0 Å². The molecule has 1 aromatic carbocycles. The molecule has 1 N–H and O–H groups in total. The van der Waals surface area contributed by atoms with Crippen molar-refractivity contribution in [3.8, 4) is 5.75 Å². The van der Waals surface area contributed by atoms with Gasteiger partial charge in [-0.25, -0.2) is 0 Å². The van der Waals surface area contributed by atoms with Gasteiger partial charge in [-0.15, -0.1) is 0 Å². The lowest BCUT2D eigenvalue weighted by atomic mass is 10.1. The Bertz CT molecular complexity index is 269. The monoisotopic (exact) mass is 244 g/mol. The minimum absolute atomic E-state index is 0.380. The van der Waals surface area contributed by atoms with Crippen molar-refractivity contribution in [3.63, 3.8) is 0 Å². The van der Waals surface area contributed by atoms with Crippen LogP contribution in [0.25, 0.3) is 0 Å². The number of aryl methyl sites for hydroxylation is 2. The third kappa shape index (κ3) is 3.39. The number of hydrogen-bond donors (Lipinski definition) is 1. The SMILES string of the molecule is CC.CCc1cc(C)c(Br)cc1O. The molecule has 0 heterocycles. The molecule has 1 nitrogen and oxygen atoms in total. The maximum absolute atomic E-state index is 9.39. The van der Waals surface area contributed by atoms with Gasteiger partial charge >= 0.3 is 0 Å². The summed E-state index contributed by atoms with van der Waals surface area (Å²) in [6.45, 7) is 8.05. The average molecular weight is 245 g/mol. The van der Waals surface area contributed by atoms with Crippen LogP contribution in [0, 0.1) is 6.92 Å². The highest BCUT2D eigenvalue weighted by atomic mass is 79.9. The summed E-state index contributed by atoms with van der Waals surface area (Å²) < 4.78 is 0.965. The Kier molecular flexibility index (Phi) is 5.80. The van der Waals surface area contributed by atoms with E-state index in [0.29, 0.717) is 5.75 Å². The van der Waals surface area contributed by atoms with Crippen LogP contribution >= 0.6 is 15.9 Å². The van der Waals surface area contributed by atoms with Gasteiger partial charge in [0.15, 0.2) is 0 Å². The summed E-state index contributed by atoms with van der Waals surface area (Å²) in [7, 11) is 0. The lowest BCUT2D eigenvalue weighted by Crippen LogP contribution is -1.84. The lowest BCUT2D eigenvalue weighted by molar-refractivity contribution is 0.468. The van der Waals surface area contributed by atoms with Crippen LogP contribution in [0.1, 0.15) is 31.9 Å². The van der Waals surface area contributed by atoms with Crippen LogP contribution in [0.5, 0.6) is 5.75 Å². The van der Waals surface area contributed by atoms with Gasteiger partial charge in [0.25, 0.3) is 0 Å². The molecule has 0 saturated carbocycles. The first-order chi connectivity index (χ1) is 6.15. The standard InChI is InChI=1S/C9H11BrO.C2H6/c1-3-7-4-6(2)8(10)5-9(7)11;1-2/h4-5,11H,3H2,1-2H3;1-2H3.